The number of benzene rings is 2. The predicted molar refractivity (Wildman–Crippen MR) is 81.5 cm³/mol. The average molecular weight is 290 g/mol. The molecule has 0 bridgehead atoms. The lowest BCUT2D eigenvalue weighted by atomic mass is 10.0. The van der Waals surface area contributed by atoms with E-state index in [1.807, 2.05) is 19.9 Å². The lowest BCUT2D eigenvalue weighted by Gasteiger charge is -2.11. The average Bonchev–Trinajstić information content (AvgIpc) is 2.37. The molecule has 0 atom stereocenters. The Hall–Kier alpha value is -2.00. The smallest absolute Gasteiger partial charge is 0.194 e. The van der Waals surface area contributed by atoms with Crippen molar-refractivity contribution in [2.75, 3.05) is 5.73 Å². The summed E-state index contributed by atoms with van der Waals surface area (Å²) in [6, 6.07) is 11.9. The number of nitrogen functional groups attached to an aromatic ring is 1. The zero-order valence-corrected chi connectivity index (χ0v) is 12.1. The molecular weight excluding hydrogens is 274 g/mol. The molecule has 2 aromatic carbocycles. The Morgan fingerprint density at radius 2 is 1.95 bits per heavy atom. The van der Waals surface area contributed by atoms with Crippen LogP contribution in [0.15, 0.2) is 42.5 Å². The lowest BCUT2D eigenvalue weighted by molar-refractivity contribution is 0.103. The van der Waals surface area contributed by atoms with Gasteiger partial charge in [0.2, 0.25) is 0 Å². The molecule has 0 fully saturated rings. The number of hydrogen-bond acceptors (Lipinski definition) is 3. The summed E-state index contributed by atoms with van der Waals surface area (Å²) in [7, 11) is 0. The predicted octanol–water partition coefficient (Wildman–Crippen LogP) is 3.94. The minimum Gasteiger partial charge on any atom is -0.491 e. The Labute approximate surface area is 123 Å². The highest BCUT2D eigenvalue weighted by Gasteiger charge is 2.14. The molecule has 2 N–H and O–H groups in total. The summed E-state index contributed by atoms with van der Waals surface area (Å²) in [5.41, 5.74) is 7.13. The van der Waals surface area contributed by atoms with Crippen LogP contribution in [0.2, 0.25) is 5.02 Å². The summed E-state index contributed by atoms with van der Waals surface area (Å²) in [5.74, 6) is 0.515. The fourth-order valence-electron chi connectivity index (χ4n) is 1.85. The minimum absolute atomic E-state index is 0.0560. The summed E-state index contributed by atoms with van der Waals surface area (Å²) in [6.45, 7) is 3.87. The van der Waals surface area contributed by atoms with Crippen LogP contribution in [-0.4, -0.2) is 11.9 Å². The molecule has 0 spiro atoms. The Kier molecular flexibility index (Phi) is 4.30. The van der Waals surface area contributed by atoms with E-state index in [9.17, 15) is 4.79 Å². The van der Waals surface area contributed by atoms with Crippen LogP contribution in [0.1, 0.15) is 29.8 Å². The molecule has 0 amide bonds. The van der Waals surface area contributed by atoms with Crippen LogP contribution in [0.5, 0.6) is 5.75 Å². The second-order valence-electron chi connectivity index (χ2n) is 4.76. The van der Waals surface area contributed by atoms with Gasteiger partial charge in [-0.3, -0.25) is 4.79 Å². The fraction of sp³-hybridized carbons (Fsp3) is 0.188. The maximum atomic E-state index is 12.4. The first-order valence-corrected chi connectivity index (χ1v) is 6.71. The molecule has 0 unspecified atom stereocenters. The number of nitrogens with two attached hydrogens (primary N) is 1. The van der Waals surface area contributed by atoms with Crippen molar-refractivity contribution in [3.63, 3.8) is 0 Å². The molecule has 4 heteroatoms. The van der Waals surface area contributed by atoms with Crippen LogP contribution in [0.4, 0.5) is 5.69 Å². The molecular formula is C16H16ClNO2. The first kappa shape index (κ1) is 14.4. The number of ether oxygens (including phenoxy) is 1. The molecule has 104 valence electrons. The summed E-state index contributed by atoms with van der Waals surface area (Å²) < 4.78 is 5.59. The Morgan fingerprint density at radius 1 is 1.20 bits per heavy atom. The van der Waals surface area contributed by atoms with E-state index in [1.54, 1.807) is 36.4 Å². The van der Waals surface area contributed by atoms with Crippen LogP contribution < -0.4 is 10.5 Å². The number of halogens is 1. The third-order valence-corrected chi connectivity index (χ3v) is 3.02. The van der Waals surface area contributed by atoms with E-state index in [0.717, 1.165) is 0 Å². The molecule has 3 nitrogen and oxygen atoms in total. The van der Waals surface area contributed by atoms with Gasteiger partial charge in [0.1, 0.15) is 5.75 Å². The SMILES string of the molecule is CC(C)Oc1cccc(C(=O)c2ccc(N)cc2Cl)c1. The van der Waals surface area contributed by atoms with Crippen molar-refractivity contribution >= 4 is 23.1 Å². The molecule has 0 saturated heterocycles. The highest BCUT2D eigenvalue weighted by atomic mass is 35.5. The van der Waals surface area contributed by atoms with E-state index in [1.165, 1.54) is 0 Å². The van der Waals surface area contributed by atoms with Gasteiger partial charge in [-0.1, -0.05) is 23.7 Å². The van der Waals surface area contributed by atoms with Gasteiger partial charge in [-0.25, -0.2) is 0 Å². The van der Waals surface area contributed by atoms with Gasteiger partial charge in [-0.2, -0.15) is 0 Å². The first-order valence-electron chi connectivity index (χ1n) is 6.34. The number of anilines is 1. The van der Waals surface area contributed by atoms with Crippen molar-refractivity contribution in [2.24, 2.45) is 0 Å². The Morgan fingerprint density at radius 3 is 2.60 bits per heavy atom. The van der Waals surface area contributed by atoms with Gasteiger partial charge >= 0.3 is 0 Å². The minimum atomic E-state index is -0.149. The molecule has 0 aliphatic carbocycles. The van der Waals surface area contributed by atoms with Crippen molar-refractivity contribution in [2.45, 2.75) is 20.0 Å². The molecule has 0 radical (unpaired) electrons. The van der Waals surface area contributed by atoms with E-state index in [-0.39, 0.29) is 11.9 Å². The van der Waals surface area contributed by atoms with Gasteiger partial charge in [0.05, 0.1) is 11.1 Å². The third kappa shape index (κ3) is 3.31. The number of carbonyl (C=O) groups excluding carboxylic acids is 1. The molecule has 0 aliphatic heterocycles. The van der Waals surface area contributed by atoms with Gasteiger partial charge in [-0.05, 0) is 44.2 Å². The van der Waals surface area contributed by atoms with E-state index in [2.05, 4.69) is 0 Å². The molecule has 0 aliphatic rings. The van der Waals surface area contributed by atoms with Crippen LogP contribution >= 0.6 is 11.6 Å². The van der Waals surface area contributed by atoms with Gasteiger partial charge in [0.25, 0.3) is 0 Å². The van der Waals surface area contributed by atoms with Crippen molar-refractivity contribution < 1.29 is 9.53 Å². The number of ketones is 1. The zero-order chi connectivity index (χ0) is 14.7. The third-order valence-electron chi connectivity index (χ3n) is 2.71. The summed E-state index contributed by atoms with van der Waals surface area (Å²) >= 11 is 6.07. The second kappa shape index (κ2) is 5.97. The largest absolute Gasteiger partial charge is 0.491 e. The number of hydrogen-bond donors (Lipinski definition) is 1. The summed E-state index contributed by atoms with van der Waals surface area (Å²) in [5, 5.41) is 0.352. The highest BCUT2D eigenvalue weighted by molar-refractivity contribution is 6.35. The number of rotatable bonds is 4. The van der Waals surface area contributed by atoms with Crippen molar-refractivity contribution in [3.05, 3.63) is 58.6 Å². The van der Waals surface area contributed by atoms with Crippen LogP contribution in [-0.2, 0) is 0 Å². The molecule has 0 saturated carbocycles. The molecule has 20 heavy (non-hydrogen) atoms. The number of carbonyl (C=O) groups is 1. The van der Waals surface area contributed by atoms with Gasteiger partial charge in [0.15, 0.2) is 5.78 Å². The lowest BCUT2D eigenvalue weighted by Crippen LogP contribution is -2.07. The Bertz CT molecular complexity index is 638. The normalized spacial score (nSPS) is 10.6. The summed E-state index contributed by atoms with van der Waals surface area (Å²) in [6.07, 6.45) is 0.0560. The van der Waals surface area contributed by atoms with Crippen LogP contribution in [0, 0.1) is 0 Å². The second-order valence-corrected chi connectivity index (χ2v) is 5.17. The van der Waals surface area contributed by atoms with E-state index in [0.29, 0.717) is 27.6 Å². The zero-order valence-electron chi connectivity index (χ0n) is 11.4. The van der Waals surface area contributed by atoms with Crippen molar-refractivity contribution in [1.29, 1.82) is 0 Å². The quantitative estimate of drug-likeness (QED) is 0.685. The maximum absolute atomic E-state index is 12.4. The standard InChI is InChI=1S/C16H16ClNO2/c1-10(2)20-13-5-3-4-11(8-13)16(19)14-7-6-12(18)9-15(14)17/h3-10H,18H2,1-2H3. The maximum Gasteiger partial charge on any atom is 0.194 e. The molecule has 0 heterocycles. The van der Waals surface area contributed by atoms with E-state index < -0.39 is 0 Å². The summed E-state index contributed by atoms with van der Waals surface area (Å²) in [4.78, 5) is 12.4. The van der Waals surface area contributed by atoms with E-state index in [4.69, 9.17) is 22.1 Å². The van der Waals surface area contributed by atoms with Gasteiger partial charge in [0, 0.05) is 16.8 Å². The topological polar surface area (TPSA) is 52.3 Å². The van der Waals surface area contributed by atoms with E-state index >= 15 is 0 Å². The van der Waals surface area contributed by atoms with Crippen LogP contribution in [0.3, 0.4) is 0 Å². The fourth-order valence-corrected chi connectivity index (χ4v) is 2.13. The molecule has 2 aromatic rings. The van der Waals surface area contributed by atoms with Gasteiger partial charge < -0.3 is 10.5 Å². The molecule has 0 aromatic heterocycles. The Balaban J connectivity index is 2.33. The van der Waals surface area contributed by atoms with Crippen molar-refractivity contribution in [1.82, 2.24) is 0 Å². The molecule has 2 rings (SSSR count). The highest BCUT2D eigenvalue weighted by Crippen LogP contribution is 2.24. The monoisotopic (exact) mass is 289 g/mol. The van der Waals surface area contributed by atoms with Crippen LogP contribution in [0.25, 0.3) is 0 Å². The first-order chi connectivity index (χ1) is 9.47. The van der Waals surface area contributed by atoms with Gasteiger partial charge in [-0.15, -0.1) is 0 Å². The van der Waals surface area contributed by atoms with Crippen molar-refractivity contribution in [3.8, 4) is 5.75 Å².